The Morgan fingerprint density at radius 1 is 1.27 bits per heavy atom. The molecule has 1 aromatic heterocycles. The Hall–Kier alpha value is -2.08. The van der Waals surface area contributed by atoms with Gasteiger partial charge in [0.25, 0.3) is 11.5 Å². The van der Waals surface area contributed by atoms with Gasteiger partial charge in [-0.2, -0.15) is 5.10 Å². The molecule has 2 rings (SSSR count). The van der Waals surface area contributed by atoms with Crippen molar-refractivity contribution in [1.29, 1.82) is 0 Å². The largest absolute Gasteiger partial charge is 0.320 e. The van der Waals surface area contributed by atoms with Crippen LogP contribution in [-0.2, 0) is 6.54 Å². The van der Waals surface area contributed by atoms with E-state index in [1.54, 1.807) is 0 Å². The maximum atomic E-state index is 12.5. The maximum Gasteiger partial charge on any atom is 0.276 e. The molecular formula is C20H27N3O2S. The van der Waals surface area contributed by atoms with E-state index in [4.69, 9.17) is 0 Å². The first-order chi connectivity index (χ1) is 12.4. The molecule has 1 amide bonds. The minimum absolute atomic E-state index is 0.183. The summed E-state index contributed by atoms with van der Waals surface area (Å²) in [5, 5.41) is 7.65. The summed E-state index contributed by atoms with van der Waals surface area (Å²) in [5.74, 6) is -0.305. The van der Waals surface area contributed by atoms with Gasteiger partial charge in [-0.15, -0.1) is 11.8 Å². The number of anilines is 1. The van der Waals surface area contributed by atoms with E-state index in [1.165, 1.54) is 21.7 Å². The second-order valence-electron chi connectivity index (χ2n) is 6.40. The van der Waals surface area contributed by atoms with Crippen LogP contribution >= 0.6 is 11.8 Å². The van der Waals surface area contributed by atoms with Crippen LogP contribution in [0, 0.1) is 6.92 Å². The summed E-state index contributed by atoms with van der Waals surface area (Å²) in [5.41, 5.74) is 1.83. The number of hydrogen-bond acceptors (Lipinski definition) is 4. The summed E-state index contributed by atoms with van der Waals surface area (Å²) < 4.78 is 1.36. The van der Waals surface area contributed by atoms with E-state index >= 15 is 0 Å². The predicted molar refractivity (Wildman–Crippen MR) is 108 cm³/mol. The van der Waals surface area contributed by atoms with Crippen LogP contribution < -0.4 is 10.9 Å². The minimum Gasteiger partial charge on any atom is -0.320 e. The summed E-state index contributed by atoms with van der Waals surface area (Å²) >= 11 is 1.83. The lowest BCUT2D eigenvalue weighted by atomic mass is 10.2. The number of aromatic nitrogens is 2. The van der Waals surface area contributed by atoms with Crippen molar-refractivity contribution in [3.05, 3.63) is 51.9 Å². The highest BCUT2D eigenvalue weighted by molar-refractivity contribution is 7.99. The standard InChI is InChI=1S/C20H27N3O2S/c1-5-7-12-23-19(24)11-10-18(22-23)20(25)21-17-9-8-16(13-14(17)3)26-15(4)6-2/h8-11,13,15H,5-7,12H2,1-4H3,(H,21,25). The molecule has 0 fully saturated rings. The molecule has 1 aromatic carbocycles. The number of carbonyl (C=O) groups is 1. The van der Waals surface area contributed by atoms with E-state index in [1.807, 2.05) is 37.7 Å². The van der Waals surface area contributed by atoms with Gasteiger partial charge in [0.2, 0.25) is 0 Å². The number of nitrogens with zero attached hydrogens (tertiary/aromatic N) is 2. The van der Waals surface area contributed by atoms with Crippen LogP contribution in [0.2, 0.25) is 0 Å². The second kappa shape index (κ2) is 9.57. The fourth-order valence-electron chi connectivity index (χ4n) is 2.39. The lowest BCUT2D eigenvalue weighted by Crippen LogP contribution is -2.26. The molecule has 0 aliphatic heterocycles. The molecule has 0 aliphatic carbocycles. The second-order valence-corrected chi connectivity index (χ2v) is 7.91. The van der Waals surface area contributed by atoms with Gasteiger partial charge in [-0.3, -0.25) is 9.59 Å². The summed E-state index contributed by atoms with van der Waals surface area (Å²) in [6, 6.07) is 8.90. The number of unbranched alkanes of at least 4 members (excludes halogenated alkanes) is 1. The Labute approximate surface area is 159 Å². The zero-order chi connectivity index (χ0) is 19.1. The number of aryl methyl sites for hydroxylation is 2. The summed E-state index contributed by atoms with van der Waals surface area (Å²) in [6.45, 7) is 8.93. The van der Waals surface area contributed by atoms with Crippen molar-refractivity contribution in [1.82, 2.24) is 9.78 Å². The molecule has 1 atom stereocenters. The quantitative estimate of drug-likeness (QED) is 0.692. The summed E-state index contributed by atoms with van der Waals surface area (Å²) in [4.78, 5) is 25.5. The molecule has 26 heavy (non-hydrogen) atoms. The molecule has 0 aliphatic rings. The third-order valence-electron chi connectivity index (χ3n) is 4.18. The van der Waals surface area contributed by atoms with E-state index < -0.39 is 0 Å². The number of rotatable bonds is 8. The van der Waals surface area contributed by atoms with Crippen LogP contribution in [0.5, 0.6) is 0 Å². The zero-order valence-corrected chi connectivity index (χ0v) is 16.7. The van der Waals surface area contributed by atoms with Gasteiger partial charge in [0, 0.05) is 28.4 Å². The Bertz CT molecular complexity index is 817. The van der Waals surface area contributed by atoms with Crippen LogP contribution in [0.1, 0.15) is 56.1 Å². The van der Waals surface area contributed by atoms with E-state index in [2.05, 4.69) is 30.3 Å². The van der Waals surface area contributed by atoms with E-state index in [9.17, 15) is 9.59 Å². The first-order valence-corrected chi connectivity index (χ1v) is 9.99. The maximum absolute atomic E-state index is 12.5. The van der Waals surface area contributed by atoms with Crippen LogP contribution in [0.3, 0.4) is 0 Å². The van der Waals surface area contributed by atoms with Crippen molar-refractivity contribution in [2.24, 2.45) is 0 Å². The average molecular weight is 374 g/mol. The van der Waals surface area contributed by atoms with Gasteiger partial charge in [-0.05, 0) is 49.6 Å². The highest BCUT2D eigenvalue weighted by Gasteiger charge is 2.12. The van der Waals surface area contributed by atoms with E-state index in [0.717, 1.165) is 30.5 Å². The molecule has 0 saturated heterocycles. The molecule has 0 bridgehead atoms. The SMILES string of the molecule is CCCCn1nc(C(=O)Nc2ccc(SC(C)CC)cc2C)ccc1=O. The van der Waals surface area contributed by atoms with Crippen molar-refractivity contribution < 1.29 is 4.79 Å². The molecule has 2 aromatic rings. The third kappa shape index (κ3) is 5.46. The Morgan fingerprint density at radius 3 is 2.69 bits per heavy atom. The van der Waals surface area contributed by atoms with Crippen molar-refractivity contribution in [3.8, 4) is 0 Å². The van der Waals surface area contributed by atoms with Gasteiger partial charge in [0.1, 0.15) is 5.69 Å². The molecule has 0 radical (unpaired) electrons. The number of carbonyl (C=O) groups excluding carboxylic acids is 1. The molecule has 6 heteroatoms. The molecular weight excluding hydrogens is 346 g/mol. The smallest absolute Gasteiger partial charge is 0.276 e. The lowest BCUT2D eigenvalue weighted by Gasteiger charge is -2.12. The average Bonchev–Trinajstić information content (AvgIpc) is 2.63. The van der Waals surface area contributed by atoms with Crippen LogP contribution in [-0.4, -0.2) is 20.9 Å². The van der Waals surface area contributed by atoms with Gasteiger partial charge in [-0.1, -0.05) is 27.2 Å². The Balaban J connectivity index is 2.13. The molecule has 1 unspecified atom stereocenters. The highest BCUT2D eigenvalue weighted by atomic mass is 32.2. The number of hydrogen-bond donors (Lipinski definition) is 1. The number of nitrogens with one attached hydrogen (secondary N) is 1. The molecule has 1 N–H and O–H groups in total. The number of thioether (sulfide) groups is 1. The Morgan fingerprint density at radius 2 is 2.04 bits per heavy atom. The van der Waals surface area contributed by atoms with Crippen LogP contribution in [0.25, 0.3) is 0 Å². The first kappa shape index (κ1) is 20.2. The van der Waals surface area contributed by atoms with E-state index in [-0.39, 0.29) is 17.2 Å². The minimum atomic E-state index is -0.305. The van der Waals surface area contributed by atoms with Crippen molar-refractivity contribution >= 4 is 23.4 Å². The lowest BCUT2D eigenvalue weighted by molar-refractivity contribution is 0.101. The third-order valence-corrected chi connectivity index (χ3v) is 5.44. The fraction of sp³-hybridized carbons (Fsp3) is 0.450. The number of benzene rings is 1. The summed E-state index contributed by atoms with van der Waals surface area (Å²) in [7, 11) is 0. The first-order valence-electron chi connectivity index (χ1n) is 9.11. The van der Waals surface area contributed by atoms with Crippen molar-refractivity contribution in [3.63, 3.8) is 0 Å². The van der Waals surface area contributed by atoms with Crippen molar-refractivity contribution in [2.45, 2.75) is 63.6 Å². The number of amides is 1. The van der Waals surface area contributed by atoms with Gasteiger partial charge >= 0.3 is 0 Å². The predicted octanol–water partition coefficient (Wildman–Crippen LogP) is 4.49. The monoisotopic (exact) mass is 373 g/mol. The normalized spacial score (nSPS) is 12.0. The van der Waals surface area contributed by atoms with E-state index in [0.29, 0.717) is 11.8 Å². The van der Waals surface area contributed by atoms with Gasteiger partial charge in [-0.25, -0.2) is 4.68 Å². The molecule has 140 valence electrons. The van der Waals surface area contributed by atoms with Gasteiger partial charge < -0.3 is 5.32 Å². The molecule has 0 saturated carbocycles. The fourth-order valence-corrected chi connectivity index (χ4v) is 3.41. The van der Waals surface area contributed by atoms with Crippen LogP contribution in [0.15, 0.2) is 40.0 Å². The van der Waals surface area contributed by atoms with Crippen molar-refractivity contribution in [2.75, 3.05) is 5.32 Å². The Kier molecular flexibility index (Phi) is 7.45. The molecule has 5 nitrogen and oxygen atoms in total. The van der Waals surface area contributed by atoms with Gasteiger partial charge in [0.05, 0.1) is 0 Å². The topological polar surface area (TPSA) is 64.0 Å². The van der Waals surface area contributed by atoms with Gasteiger partial charge in [0.15, 0.2) is 0 Å². The zero-order valence-electron chi connectivity index (χ0n) is 15.9. The molecule has 0 spiro atoms. The molecule has 1 heterocycles. The van der Waals surface area contributed by atoms with Crippen LogP contribution in [0.4, 0.5) is 5.69 Å². The highest BCUT2D eigenvalue weighted by Crippen LogP contribution is 2.28. The summed E-state index contributed by atoms with van der Waals surface area (Å²) in [6.07, 6.45) is 2.93.